The zero-order valence-electron chi connectivity index (χ0n) is 14.1. The van der Waals surface area contributed by atoms with E-state index in [1.807, 2.05) is 0 Å². The van der Waals surface area contributed by atoms with E-state index in [4.69, 9.17) is 0 Å². The molecule has 0 aliphatic heterocycles. The van der Waals surface area contributed by atoms with Gasteiger partial charge in [-0.25, -0.2) is 0 Å². The van der Waals surface area contributed by atoms with Gasteiger partial charge in [0, 0.05) is 36.7 Å². The second-order valence-corrected chi connectivity index (χ2v) is 6.79. The Morgan fingerprint density at radius 2 is 1.50 bits per heavy atom. The highest BCUT2D eigenvalue weighted by Crippen LogP contribution is 2.36. The third-order valence-corrected chi connectivity index (χ3v) is 4.15. The van der Waals surface area contributed by atoms with Crippen LogP contribution in [-0.2, 0) is 6.54 Å². The van der Waals surface area contributed by atoms with Crippen molar-refractivity contribution in [3.8, 4) is 0 Å². The smallest absolute Gasteiger partial charge is 0.348 e. The Labute approximate surface area is 153 Å². The van der Waals surface area contributed by atoms with E-state index in [0.29, 0.717) is 5.56 Å². The average molecular weight is 382 g/mol. The molecule has 4 nitrogen and oxygen atoms in total. The summed E-state index contributed by atoms with van der Waals surface area (Å²) in [4.78, 5) is 25.4. The van der Waals surface area contributed by atoms with E-state index in [9.17, 15) is 22.8 Å². The van der Waals surface area contributed by atoms with Gasteiger partial charge < -0.3 is 10.2 Å². The first-order valence-electron chi connectivity index (χ1n) is 7.60. The molecule has 138 valence electrons. The molecule has 0 bridgehead atoms. The third kappa shape index (κ3) is 5.80. The highest BCUT2D eigenvalue weighted by Gasteiger charge is 2.29. The Hall–Kier alpha value is -2.48. The van der Waals surface area contributed by atoms with Crippen LogP contribution in [0, 0.1) is 0 Å². The van der Waals surface area contributed by atoms with Crippen LogP contribution >= 0.6 is 11.8 Å². The monoisotopic (exact) mass is 382 g/mol. The summed E-state index contributed by atoms with van der Waals surface area (Å²) < 4.78 is 36.9. The van der Waals surface area contributed by atoms with Gasteiger partial charge in [0.15, 0.2) is 0 Å². The first kappa shape index (κ1) is 19.8. The van der Waals surface area contributed by atoms with Crippen molar-refractivity contribution in [3.63, 3.8) is 0 Å². The van der Waals surface area contributed by atoms with Crippen molar-refractivity contribution >= 4 is 23.6 Å². The van der Waals surface area contributed by atoms with Gasteiger partial charge in [0.05, 0.1) is 0 Å². The average Bonchev–Trinajstić information content (AvgIpc) is 2.58. The van der Waals surface area contributed by atoms with E-state index in [2.05, 4.69) is 5.32 Å². The molecule has 0 saturated carbocycles. The number of carbonyl (C=O) groups excluding carboxylic acids is 2. The summed E-state index contributed by atoms with van der Waals surface area (Å²) in [5.41, 5.74) is -2.74. The summed E-state index contributed by atoms with van der Waals surface area (Å²) in [6.45, 7) is 0.244. The maximum atomic E-state index is 12.3. The SMILES string of the molecule is CN(C)C(=O)c1ccc(CNC(=O)c2ccc(SC(F)(F)F)cc2)cc1. The maximum Gasteiger partial charge on any atom is 0.446 e. The number of hydrogen-bond donors (Lipinski definition) is 1. The van der Waals surface area contributed by atoms with E-state index in [1.54, 1.807) is 38.4 Å². The molecule has 8 heteroatoms. The maximum absolute atomic E-state index is 12.3. The van der Waals surface area contributed by atoms with Crippen LogP contribution < -0.4 is 5.32 Å². The first-order chi connectivity index (χ1) is 12.2. The van der Waals surface area contributed by atoms with Crippen molar-refractivity contribution in [2.75, 3.05) is 14.1 Å². The van der Waals surface area contributed by atoms with Gasteiger partial charge in [-0.1, -0.05) is 12.1 Å². The van der Waals surface area contributed by atoms with Crippen LogP contribution in [0.25, 0.3) is 0 Å². The van der Waals surface area contributed by atoms with Crippen molar-refractivity contribution in [3.05, 3.63) is 65.2 Å². The van der Waals surface area contributed by atoms with Gasteiger partial charge in [0.1, 0.15) is 0 Å². The minimum Gasteiger partial charge on any atom is -0.348 e. The molecule has 2 rings (SSSR count). The molecule has 0 fully saturated rings. The van der Waals surface area contributed by atoms with Crippen molar-refractivity contribution in [2.24, 2.45) is 0 Å². The van der Waals surface area contributed by atoms with Gasteiger partial charge >= 0.3 is 5.51 Å². The fraction of sp³-hybridized carbons (Fsp3) is 0.222. The standard InChI is InChI=1S/C18H17F3N2O2S/c1-23(2)17(25)14-5-3-12(4-6-14)11-22-16(24)13-7-9-15(10-8-13)26-18(19,20)21/h3-10H,11H2,1-2H3,(H,22,24). The topological polar surface area (TPSA) is 49.4 Å². The van der Waals surface area contributed by atoms with Gasteiger partial charge in [-0.15, -0.1) is 0 Å². The molecule has 0 spiro atoms. The Bertz CT molecular complexity index is 773. The van der Waals surface area contributed by atoms with E-state index < -0.39 is 5.51 Å². The van der Waals surface area contributed by atoms with E-state index in [-0.39, 0.29) is 40.6 Å². The molecule has 0 aromatic heterocycles. The number of nitrogens with zero attached hydrogens (tertiary/aromatic N) is 1. The summed E-state index contributed by atoms with van der Waals surface area (Å²) in [5, 5.41) is 2.69. The fourth-order valence-electron chi connectivity index (χ4n) is 2.12. The van der Waals surface area contributed by atoms with Crippen molar-refractivity contribution in [1.29, 1.82) is 0 Å². The van der Waals surface area contributed by atoms with Crippen LogP contribution in [0.1, 0.15) is 26.3 Å². The number of carbonyl (C=O) groups is 2. The zero-order chi connectivity index (χ0) is 19.3. The first-order valence-corrected chi connectivity index (χ1v) is 8.42. The highest BCUT2D eigenvalue weighted by molar-refractivity contribution is 8.00. The molecular weight excluding hydrogens is 365 g/mol. The summed E-state index contributed by atoms with van der Waals surface area (Å²) >= 11 is -0.226. The minimum atomic E-state index is -4.36. The van der Waals surface area contributed by atoms with Crippen molar-refractivity contribution in [2.45, 2.75) is 16.9 Å². The normalized spacial score (nSPS) is 11.1. The molecule has 2 amide bonds. The van der Waals surface area contributed by atoms with Crippen LogP contribution in [0.3, 0.4) is 0 Å². The summed E-state index contributed by atoms with van der Waals surface area (Å²) in [5.74, 6) is -0.501. The largest absolute Gasteiger partial charge is 0.446 e. The second kappa shape index (κ2) is 8.27. The van der Waals surface area contributed by atoms with Crippen LogP contribution in [-0.4, -0.2) is 36.3 Å². The van der Waals surface area contributed by atoms with Crippen LogP contribution in [0.15, 0.2) is 53.4 Å². The Morgan fingerprint density at radius 3 is 2.00 bits per heavy atom. The number of hydrogen-bond acceptors (Lipinski definition) is 3. The zero-order valence-corrected chi connectivity index (χ0v) is 14.9. The Kier molecular flexibility index (Phi) is 6.31. The van der Waals surface area contributed by atoms with Gasteiger partial charge in [0.25, 0.3) is 11.8 Å². The molecule has 0 aliphatic rings. The second-order valence-electron chi connectivity index (χ2n) is 5.65. The van der Waals surface area contributed by atoms with Crippen molar-refractivity contribution in [1.82, 2.24) is 10.2 Å². The lowest BCUT2D eigenvalue weighted by atomic mass is 10.1. The highest BCUT2D eigenvalue weighted by atomic mass is 32.2. The number of amides is 2. The molecule has 0 unspecified atom stereocenters. The lowest BCUT2D eigenvalue weighted by molar-refractivity contribution is -0.0328. The predicted octanol–water partition coefficient (Wildman–Crippen LogP) is 3.93. The molecule has 2 aromatic rings. The number of halogens is 3. The van der Waals surface area contributed by atoms with Gasteiger partial charge in [-0.2, -0.15) is 13.2 Å². The number of benzene rings is 2. The molecule has 0 heterocycles. The van der Waals surface area contributed by atoms with Gasteiger partial charge in [-0.05, 0) is 53.7 Å². The molecule has 2 aromatic carbocycles. The van der Waals surface area contributed by atoms with E-state index >= 15 is 0 Å². The molecule has 0 aliphatic carbocycles. The van der Waals surface area contributed by atoms with Gasteiger partial charge in [0.2, 0.25) is 0 Å². The Morgan fingerprint density at radius 1 is 0.962 bits per heavy atom. The quantitative estimate of drug-likeness (QED) is 0.797. The lowest BCUT2D eigenvalue weighted by Crippen LogP contribution is -2.23. The van der Waals surface area contributed by atoms with E-state index in [0.717, 1.165) is 5.56 Å². The minimum absolute atomic E-state index is 0.0233. The van der Waals surface area contributed by atoms with Gasteiger partial charge in [-0.3, -0.25) is 9.59 Å². The van der Waals surface area contributed by atoms with Crippen LogP contribution in [0.4, 0.5) is 13.2 Å². The lowest BCUT2D eigenvalue weighted by Gasteiger charge is -2.11. The predicted molar refractivity (Wildman–Crippen MR) is 94.0 cm³/mol. The molecular formula is C18H17F3N2O2S. The summed E-state index contributed by atoms with van der Waals surface area (Å²) in [6.07, 6.45) is 0. The fourth-order valence-corrected chi connectivity index (χ4v) is 2.66. The number of thioether (sulfide) groups is 1. The molecule has 1 N–H and O–H groups in total. The molecule has 0 atom stereocenters. The number of rotatable bonds is 5. The third-order valence-electron chi connectivity index (χ3n) is 3.41. The summed E-state index contributed by atoms with van der Waals surface area (Å²) in [6, 6.07) is 12.0. The Balaban J connectivity index is 1.93. The number of alkyl halides is 3. The van der Waals surface area contributed by atoms with Crippen molar-refractivity contribution < 1.29 is 22.8 Å². The molecule has 0 radical (unpaired) electrons. The summed E-state index contributed by atoms with van der Waals surface area (Å²) in [7, 11) is 3.32. The molecule has 0 saturated heterocycles. The van der Waals surface area contributed by atoms with E-state index in [1.165, 1.54) is 29.2 Å². The van der Waals surface area contributed by atoms with Crippen LogP contribution in [0.5, 0.6) is 0 Å². The molecule has 26 heavy (non-hydrogen) atoms. The van der Waals surface area contributed by atoms with Crippen LogP contribution in [0.2, 0.25) is 0 Å². The number of nitrogens with one attached hydrogen (secondary N) is 1.